The van der Waals surface area contributed by atoms with E-state index >= 15 is 0 Å². The lowest BCUT2D eigenvalue weighted by Gasteiger charge is -2.12. The number of hydrogen-bond donors (Lipinski definition) is 2. The van der Waals surface area contributed by atoms with Gasteiger partial charge in [0.15, 0.2) is 11.6 Å². The van der Waals surface area contributed by atoms with Gasteiger partial charge in [0.2, 0.25) is 0 Å². The molecule has 3 N–H and O–H groups in total. The van der Waals surface area contributed by atoms with Crippen molar-refractivity contribution in [3.8, 4) is 16.9 Å². The molecule has 174 valence electrons. The van der Waals surface area contributed by atoms with Gasteiger partial charge in [-0.1, -0.05) is 23.2 Å². The summed E-state index contributed by atoms with van der Waals surface area (Å²) in [5.41, 5.74) is 8.03. The van der Waals surface area contributed by atoms with E-state index in [1.165, 1.54) is 19.2 Å². The van der Waals surface area contributed by atoms with Gasteiger partial charge in [0.1, 0.15) is 11.9 Å². The first kappa shape index (κ1) is 23.3. The van der Waals surface area contributed by atoms with Crippen LogP contribution in [0.5, 0.6) is 5.75 Å². The van der Waals surface area contributed by atoms with E-state index in [0.717, 1.165) is 11.1 Å². The van der Waals surface area contributed by atoms with E-state index in [2.05, 4.69) is 15.4 Å². The van der Waals surface area contributed by atoms with Crippen molar-refractivity contribution in [1.82, 2.24) is 20.1 Å². The number of benzene rings is 1. The fourth-order valence-corrected chi connectivity index (χ4v) is 4.28. The quantitative estimate of drug-likeness (QED) is 0.382. The number of methoxy groups -OCH3 is 1. The SMILES string of the molecule is COC(=O)C1CC(n2cc(-c3cnc(N)c(OCCc4c(Cl)ccc(F)c4Cl)c3)cn2)CN1. The normalized spacial score (nSPS) is 17.8. The summed E-state index contributed by atoms with van der Waals surface area (Å²) in [5, 5.41) is 7.93. The average molecular weight is 494 g/mol. The van der Waals surface area contributed by atoms with E-state index in [4.69, 9.17) is 38.4 Å². The highest BCUT2D eigenvalue weighted by Gasteiger charge is 2.31. The van der Waals surface area contributed by atoms with Crippen LogP contribution in [0.25, 0.3) is 11.1 Å². The molecule has 1 aliphatic rings. The summed E-state index contributed by atoms with van der Waals surface area (Å²) in [5.74, 6) is -0.206. The first-order valence-corrected chi connectivity index (χ1v) is 11.0. The van der Waals surface area contributed by atoms with Crippen molar-refractivity contribution >= 4 is 35.0 Å². The van der Waals surface area contributed by atoms with Crippen molar-refractivity contribution in [2.24, 2.45) is 0 Å². The number of nitrogens with one attached hydrogen (secondary N) is 1. The minimum absolute atomic E-state index is 0.0193. The third-order valence-electron chi connectivity index (χ3n) is 5.53. The third kappa shape index (κ3) is 5.05. The zero-order valence-corrected chi connectivity index (χ0v) is 19.2. The number of carbonyl (C=O) groups excluding carboxylic acids is 1. The number of anilines is 1. The van der Waals surface area contributed by atoms with Gasteiger partial charge in [0, 0.05) is 41.5 Å². The average Bonchev–Trinajstić information content (AvgIpc) is 3.49. The second kappa shape index (κ2) is 9.94. The van der Waals surface area contributed by atoms with Crippen molar-refractivity contribution in [3.63, 3.8) is 0 Å². The number of hydrogen-bond acceptors (Lipinski definition) is 7. The standard InChI is InChI=1S/C22H22Cl2FN5O3/c1-32-22(31)18-7-14(10-27-18)30-11-13(9-29-30)12-6-19(21(26)28-8-12)33-5-4-15-16(23)2-3-17(25)20(15)24/h2-3,6,8-9,11,14,18,27H,4-5,7,10H2,1H3,(H2,26,28). The van der Waals surface area contributed by atoms with E-state index in [-0.39, 0.29) is 35.5 Å². The van der Waals surface area contributed by atoms with E-state index in [0.29, 0.717) is 35.7 Å². The van der Waals surface area contributed by atoms with Crippen LogP contribution in [-0.2, 0) is 16.0 Å². The molecule has 1 aliphatic heterocycles. The fraction of sp³-hybridized carbons (Fsp3) is 0.318. The zero-order valence-electron chi connectivity index (χ0n) is 17.7. The molecule has 2 aromatic heterocycles. The minimum atomic E-state index is -0.536. The number of aromatic nitrogens is 3. The van der Waals surface area contributed by atoms with Crippen LogP contribution >= 0.6 is 23.2 Å². The molecular weight excluding hydrogens is 472 g/mol. The molecule has 2 unspecified atom stereocenters. The monoisotopic (exact) mass is 493 g/mol. The molecule has 0 radical (unpaired) electrons. The van der Waals surface area contributed by atoms with E-state index in [9.17, 15) is 9.18 Å². The molecule has 1 aromatic carbocycles. The van der Waals surface area contributed by atoms with Crippen LogP contribution in [0.15, 0.2) is 36.8 Å². The summed E-state index contributed by atoms with van der Waals surface area (Å²) >= 11 is 12.1. The smallest absolute Gasteiger partial charge is 0.322 e. The minimum Gasteiger partial charge on any atom is -0.489 e. The van der Waals surface area contributed by atoms with Crippen molar-refractivity contribution < 1.29 is 18.7 Å². The Morgan fingerprint density at radius 1 is 1.33 bits per heavy atom. The lowest BCUT2D eigenvalue weighted by atomic mass is 10.1. The van der Waals surface area contributed by atoms with Crippen LogP contribution in [0.3, 0.4) is 0 Å². The van der Waals surface area contributed by atoms with Gasteiger partial charge in [0.25, 0.3) is 0 Å². The second-order valence-electron chi connectivity index (χ2n) is 7.61. The van der Waals surface area contributed by atoms with Gasteiger partial charge in [-0.25, -0.2) is 9.37 Å². The van der Waals surface area contributed by atoms with Crippen molar-refractivity contribution in [2.45, 2.75) is 24.9 Å². The molecule has 0 spiro atoms. The molecule has 0 bridgehead atoms. The van der Waals surface area contributed by atoms with Crippen LogP contribution in [0.4, 0.5) is 10.2 Å². The predicted molar refractivity (Wildman–Crippen MR) is 123 cm³/mol. The zero-order chi connectivity index (χ0) is 23.5. The summed E-state index contributed by atoms with van der Waals surface area (Å²) in [4.78, 5) is 15.9. The molecule has 1 fully saturated rings. The van der Waals surface area contributed by atoms with Crippen molar-refractivity contribution in [1.29, 1.82) is 0 Å². The van der Waals surface area contributed by atoms with Crippen LogP contribution in [0.2, 0.25) is 10.0 Å². The molecule has 33 heavy (non-hydrogen) atoms. The number of rotatable bonds is 7. The third-order valence-corrected chi connectivity index (χ3v) is 6.30. The van der Waals surface area contributed by atoms with Gasteiger partial charge in [-0.2, -0.15) is 5.10 Å². The molecule has 3 heterocycles. The van der Waals surface area contributed by atoms with E-state index in [1.807, 2.05) is 10.9 Å². The van der Waals surface area contributed by atoms with E-state index < -0.39 is 5.82 Å². The van der Waals surface area contributed by atoms with Gasteiger partial charge in [-0.05, 0) is 30.2 Å². The molecule has 0 saturated carbocycles. The van der Waals surface area contributed by atoms with Gasteiger partial charge in [-0.3, -0.25) is 9.48 Å². The molecule has 0 amide bonds. The van der Waals surface area contributed by atoms with Gasteiger partial charge < -0.3 is 20.5 Å². The number of esters is 1. The maximum atomic E-state index is 13.7. The number of nitrogens with zero attached hydrogens (tertiary/aromatic N) is 3. The number of carbonyl (C=O) groups is 1. The van der Waals surface area contributed by atoms with Gasteiger partial charge >= 0.3 is 5.97 Å². The molecule has 0 aliphatic carbocycles. The molecule has 1 saturated heterocycles. The summed E-state index contributed by atoms with van der Waals surface area (Å²) in [7, 11) is 1.37. The topological polar surface area (TPSA) is 104 Å². The first-order chi connectivity index (χ1) is 15.9. The second-order valence-corrected chi connectivity index (χ2v) is 8.40. The maximum Gasteiger partial charge on any atom is 0.322 e. The first-order valence-electron chi connectivity index (χ1n) is 10.2. The number of ether oxygens (including phenoxy) is 2. The Labute approximate surface area is 199 Å². The lowest BCUT2D eigenvalue weighted by Crippen LogP contribution is -2.31. The Bertz CT molecular complexity index is 1170. The highest BCUT2D eigenvalue weighted by Crippen LogP contribution is 2.30. The van der Waals surface area contributed by atoms with E-state index in [1.54, 1.807) is 18.5 Å². The van der Waals surface area contributed by atoms with Gasteiger partial charge in [0.05, 0.1) is 31.0 Å². The van der Waals surface area contributed by atoms with Crippen molar-refractivity contribution in [3.05, 3.63) is 58.2 Å². The Morgan fingerprint density at radius 3 is 2.94 bits per heavy atom. The molecule has 2 atom stereocenters. The highest BCUT2D eigenvalue weighted by atomic mass is 35.5. The summed E-state index contributed by atoms with van der Waals surface area (Å²) in [6, 6.07) is 4.13. The Hall–Kier alpha value is -2.88. The number of pyridine rings is 1. The predicted octanol–water partition coefficient (Wildman–Crippen LogP) is 3.67. The number of halogens is 3. The molecule has 11 heteroatoms. The fourth-order valence-electron chi connectivity index (χ4n) is 3.72. The molecular formula is C22H22Cl2FN5O3. The lowest BCUT2D eigenvalue weighted by molar-refractivity contribution is -0.142. The summed E-state index contributed by atoms with van der Waals surface area (Å²) < 4.78 is 26.1. The van der Waals surface area contributed by atoms with Crippen LogP contribution in [0.1, 0.15) is 18.0 Å². The Balaban J connectivity index is 1.44. The molecule has 3 aromatic rings. The van der Waals surface area contributed by atoms with Crippen LogP contribution < -0.4 is 15.8 Å². The van der Waals surface area contributed by atoms with Gasteiger partial charge in [-0.15, -0.1) is 0 Å². The molecule has 8 nitrogen and oxygen atoms in total. The summed E-state index contributed by atoms with van der Waals surface area (Å²) in [6.07, 6.45) is 6.12. The molecule has 4 rings (SSSR count). The number of nitrogens with two attached hydrogens (primary N) is 1. The Kier molecular flexibility index (Phi) is 7.02. The number of nitrogen functional groups attached to an aromatic ring is 1. The largest absolute Gasteiger partial charge is 0.489 e. The van der Waals surface area contributed by atoms with Crippen LogP contribution in [0, 0.1) is 5.82 Å². The maximum absolute atomic E-state index is 13.7. The van der Waals surface area contributed by atoms with Crippen molar-refractivity contribution in [2.75, 3.05) is 26.0 Å². The highest BCUT2D eigenvalue weighted by molar-refractivity contribution is 6.36. The van der Waals surface area contributed by atoms with Crippen LogP contribution in [-0.4, -0.2) is 47.0 Å². The summed E-state index contributed by atoms with van der Waals surface area (Å²) in [6.45, 7) is 0.792. The Morgan fingerprint density at radius 2 is 2.15 bits per heavy atom.